The number of hydrogen-bond donors (Lipinski definition) is 1. The molecule has 1 amide bonds. The lowest BCUT2D eigenvalue weighted by molar-refractivity contribution is -0.118. The summed E-state index contributed by atoms with van der Waals surface area (Å²) in [4.78, 5) is 16.2. The van der Waals surface area contributed by atoms with Gasteiger partial charge in [-0.1, -0.05) is 53.2 Å². The topological polar surface area (TPSA) is 55.1 Å². The molecule has 0 fully saturated rings. The van der Waals surface area contributed by atoms with Crippen LogP contribution in [0.25, 0.3) is 11.1 Å². The third-order valence-corrected chi connectivity index (χ3v) is 4.52. The molecule has 23 heavy (non-hydrogen) atoms. The van der Waals surface area contributed by atoms with Gasteiger partial charge in [0.1, 0.15) is 5.52 Å². The average molecular weight is 367 g/mol. The van der Waals surface area contributed by atoms with E-state index in [0.29, 0.717) is 32.9 Å². The molecule has 2 aromatic carbocycles. The smallest absolute Gasteiger partial charge is 0.257 e. The van der Waals surface area contributed by atoms with Crippen molar-refractivity contribution in [2.75, 3.05) is 5.75 Å². The van der Waals surface area contributed by atoms with Gasteiger partial charge in [0.05, 0.1) is 5.75 Å². The van der Waals surface area contributed by atoms with Gasteiger partial charge in [0.2, 0.25) is 5.91 Å². The molecule has 0 unspecified atom stereocenters. The quantitative estimate of drug-likeness (QED) is 0.673. The summed E-state index contributed by atoms with van der Waals surface area (Å²) < 4.78 is 5.55. The zero-order chi connectivity index (χ0) is 16.2. The molecule has 0 aliphatic rings. The number of fused-ring (bicyclic) bond motifs is 1. The largest absolute Gasteiger partial charge is 0.431 e. The first-order valence-electron chi connectivity index (χ1n) is 6.81. The fraction of sp³-hybridized carbons (Fsp3) is 0.125. The molecule has 118 valence electrons. The van der Waals surface area contributed by atoms with Crippen molar-refractivity contribution in [3.8, 4) is 0 Å². The molecule has 0 saturated heterocycles. The number of nitrogens with one attached hydrogen (secondary N) is 1. The minimum Gasteiger partial charge on any atom is -0.431 e. The molecule has 1 aromatic heterocycles. The maximum Gasteiger partial charge on any atom is 0.257 e. The van der Waals surface area contributed by atoms with E-state index in [0.717, 1.165) is 5.56 Å². The van der Waals surface area contributed by atoms with E-state index in [1.807, 2.05) is 18.2 Å². The number of carbonyl (C=O) groups is 1. The maximum atomic E-state index is 11.9. The molecule has 0 saturated carbocycles. The molecule has 3 rings (SSSR count). The van der Waals surface area contributed by atoms with Gasteiger partial charge in [-0.3, -0.25) is 4.79 Å². The van der Waals surface area contributed by atoms with Crippen molar-refractivity contribution in [3.05, 3.63) is 58.1 Å². The number of rotatable bonds is 5. The van der Waals surface area contributed by atoms with Gasteiger partial charge in [-0.05, 0) is 23.8 Å². The molecule has 4 nitrogen and oxygen atoms in total. The maximum absolute atomic E-state index is 11.9. The van der Waals surface area contributed by atoms with Crippen molar-refractivity contribution in [3.63, 3.8) is 0 Å². The van der Waals surface area contributed by atoms with Gasteiger partial charge < -0.3 is 9.73 Å². The number of aromatic nitrogens is 1. The summed E-state index contributed by atoms with van der Waals surface area (Å²) in [5, 5.41) is 4.48. The van der Waals surface area contributed by atoms with E-state index in [1.54, 1.807) is 24.3 Å². The lowest BCUT2D eigenvalue weighted by Crippen LogP contribution is -2.24. The predicted molar refractivity (Wildman–Crippen MR) is 93.0 cm³/mol. The van der Waals surface area contributed by atoms with Crippen LogP contribution in [0, 0.1) is 0 Å². The Morgan fingerprint density at radius 3 is 2.87 bits per heavy atom. The number of nitrogens with zero attached hydrogens (tertiary/aromatic N) is 1. The second-order valence-electron chi connectivity index (χ2n) is 4.75. The molecule has 0 atom stereocenters. The molecule has 1 heterocycles. The third-order valence-electron chi connectivity index (χ3n) is 3.09. The van der Waals surface area contributed by atoms with Gasteiger partial charge in [0, 0.05) is 22.7 Å². The van der Waals surface area contributed by atoms with E-state index in [2.05, 4.69) is 10.3 Å². The molecule has 0 aliphatic carbocycles. The van der Waals surface area contributed by atoms with Gasteiger partial charge in [-0.2, -0.15) is 0 Å². The van der Waals surface area contributed by atoms with Crippen LogP contribution in [0.2, 0.25) is 10.0 Å². The highest BCUT2D eigenvalue weighted by Crippen LogP contribution is 2.25. The van der Waals surface area contributed by atoms with Crippen LogP contribution >= 0.6 is 35.0 Å². The summed E-state index contributed by atoms with van der Waals surface area (Å²) in [5.74, 6) is 0.0978. The van der Waals surface area contributed by atoms with Crippen LogP contribution in [0.4, 0.5) is 0 Å². The highest BCUT2D eigenvalue weighted by Gasteiger charge is 2.10. The summed E-state index contributed by atoms with van der Waals surface area (Å²) in [5.41, 5.74) is 2.20. The minimum absolute atomic E-state index is 0.116. The summed E-state index contributed by atoms with van der Waals surface area (Å²) in [6.07, 6.45) is 0. The minimum atomic E-state index is -0.116. The van der Waals surface area contributed by atoms with Crippen LogP contribution in [0.15, 0.2) is 52.1 Å². The summed E-state index contributed by atoms with van der Waals surface area (Å²) in [6.45, 7) is 0.391. The predicted octanol–water partition coefficient (Wildman–Crippen LogP) is 4.54. The van der Waals surface area contributed by atoms with E-state index in [9.17, 15) is 4.79 Å². The Hall–Kier alpha value is -1.69. The SMILES string of the molecule is O=C(CSc1nc2ccc(Cl)cc2o1)NCc1ccccc1Cl. The number of oxazole rings is 1. The van der Waals surface area contributed by atoms with Crippen molar-refractivity contribution in [1.82, 2.24) is 10.3 Å². The van der Waals surface area contributed by atoms with Crippen molar-refractivity contribution in [2.45, 2.75) is 11.8 Å². The fourth-order valence-electron chi connectivity index (χ4n) is 1.95. The summed E-state index contributed by atoms with van der Waals surface area (Å²) in [6, 6.07) is 12.6. The molecular weight excluding hydrogens is 355 g/mol. The second-order valence-corrected chi connectivity index (χ2v) is 6.52. The first-order chi connectivity index (χ1) is 11.1. The molecule has 0 spiro atoms. The van der Waals surface area contributed by atoms with E-state index in [1.165, 1.54) is 11.8 Å². The van der Waals surface area contributed by atoms with E-state index in [-0.39, 0.29) is 11.7 Å². The number of amides is 1. The highest BCUT2D eigenvalue weighted by molar-refractivity contribution is 7.99. The molecule has 1 N–H and O–H groups in total. The lowest BCUT2D eigenvalue weighted by atomic mass is 10.2. The second kappa shape index (κ2) is 7.25. The number of carbonyl (C=O) groups excluding carboxylic acids is 1. The normalized spacial score (nSPS) is 10.9. The standard InChI is InChI=1S/C16H12Cl2N2O2S/c17-11-5-6-13-14(7-11)22-16(20-13)23-9-15(21)19-8-10-3-1-2-4-12(10)18/h1-7H,8-9H2,(H,19,21). The van der Waals surface area contributed by atoms with Crippen LogP contribution in [-0.2, 0) is 11.3 Å². The van der Waals surface area contributed by atoms with Crippen LogP contribution in [0.3, 0.4) is 0 Å². The van der Waals surface area contributed by atoms with Crippen molar-refractivity contribution >= 4 is 52.0 Å². The number of thioether (sulfide) groups is 1. The zero-order valence-corrected chi connectivity index (χ0v) is 14.2. The Labute approximate surface area is 147 Å². The van der Waals surface area contributed by atoms with Crippen molar-refractivity contribution in [2.24, 2.45) is 0 Å². The average Bonchev–Trinajstić information content (AvgIpc) is 2.94. The molecule has 3 aromatic rings. The number of hydrogen-bond acceptors (Lipinski definition) is 4. The van der Waals surface area contributed by atoms with Crippen LogP contribution < -0.4 is 5.32 Å². The monoisotopic (exact) mass is 366 g/mol. The Bertz CT molecular complexity index is 851. The van der Waals surface area contributed by atoms with Gasteiger partial charge in [-0.25, -0.2) is 4.98 Å². The van der Waals surface area contributed by atoms with Gasteiger partial charge in [0.25, 0.3) is 5.22 Å². The Morgan fingerprint density at radius 1 is 1.22 bits per heavy atom. The number of benzene rings is 2. The Balaban J connectivity index is 1.54. The molecule has 0 bridgehead atoms. The lowest BCUT2D eigenvalue weighted by Gasteiger charge is -2.05. The van der Waals surface area contributed by atoms with Gasteiger partial charge in [-0.15, -0.1) is 0 Å². The third kappa shape index (κ3) is 4.19. The van der Waals surface area contributed by atoms with Crippen molar-refractivity contribution < 1.29 is 9.21 Å². The van der Waals surface area contributed by atoms with Gasteiger partial charge in [0.15, 0.2) is 5.58 Å². The Morgan fingerprint density at radius 2 is 2.04 bits per heavy atom. The molecule has 0 radical (unpaired) electrons. The van der Waals surface area contributed by atoms with Crippen LogP contribution in [-0.4, -0.2) is 16.6 Å². The molecule has 7 heteroatoms. The van der Waals surface area contributed by atoms with Gasteiger partial charge >= 0.3 is 0 Å². The zero-order valence-electron chi connectivity index (χ0n) is 11.9. The van der Waals surface area contributed by atoms with Crippen LogP contribution in [0.1, 0.15) is 5.56 Å². The first kappa shape index (κ1) is 16.2. The van der Waals surface area contributed by atoms with E-state index >= 15 is 0 Å². The number of halogens is 2. The summed E-state index contributed by atoms with van der Waals surface area (Å²) >= 11 is 13.2. The highest BCUT2D eigenvalue weighted by atomic mass is 35.5. The van der Waals surface area contributed by atoms with Crippen LogP contribution in [0.5, 0.6) is 0 Å². The van der Waals surface area contributed by atoms with E-state index in [4.69, 9.17) is 27.6 Å². The fourth-order valence-corrected chi connectivity index (χ4v) is 2.99. The summed E-state index contributed by atoms with van der Waals surface area (Å²) in [7, 11) is 0. The van der Waals surface area contributed by atoms with Crippen molar-refractivity contribution in [1.29, 1.82) is 0 Å². The van der Waals surface area contributed by atoms with E-state index < -0.39 is 0 Å². The Kier molecular flexibility index (Phi) is 5.10. The molecule has 0 aliphatic heterocycles. The first-order valence-corrected chi connectivity index (χ1v) is 8.55. The molecular formula is C16H12Cl2N2O2S.